The zero-order valence-electron chi connectivity index (χ0n) is 34.7. The fourth-order valence-corrected chi connectivity index (χ4v) is 18.4. The van der Waals surface area contributed by atoms with Crippen molar-refractivity contribution in [2.75, 3.05) is 4.90 Å². The van der Waals surface area contributed by atoms with Crippen LogP contribution in [0.2, 0.25) is 0 Å². The Morgan fingerprint density at radius 1 is 0.359 bits per heavy atom. The number of rotatable bonds is 2. The van der Waals surface area contributed by atoms with Crippen molar-refractivity contribution in [3.8, 4) is 44.5 Å². The van der Waals surface area contributed by atoms with Gasteiger partial charge in [-0.2, -0.15) is 0 Å². The summed E-state index contributed by atoms with van der Waals surface area (Å²) in [6, 6.07) is 84.7. The summed E-state index contributed by atoms with van der Waals surface area (Å²) in [5, 5.41) is 8.20. The molecule has 0 unspecified atom stereocenters. The maximum Gasteiger partial charge on any atom is 0.182 e. The highest BCUT2D eigenvalue weighted by molar-refractivity contribution is 7.24. The highest BCUT2D eigenvalue weighted by Crippen LogP contribution is 2.64. The monoisotopic (exact) mass is 827 g/mol. The number of furan rings is 1. The Morgan fingerprint density at radius 3 is 1.72 bits per heavy atom. The number of hydrogen-bond donors (Lipinski definition) is 0. The van der Waals surface area contributed by atoms with E-state index in [1.165, 1.54) is 115 Å². The van der Waals surface area contributed by atoms with Crippen molar-refractivity contribution in [3.05, 3.63) is 247 Å². The second-order valence-electron chi connectivity index (χ2n) is 17.8. The molecule has 4 heterocycles. The first-order chi connectivity index (χ1) is 31.8. The summed E-state index contributed by atoms with van der Waals surface area (Å²) in [6.45, 7) is 0. The third-order valence-electron chi connectivity index (χ3n) is 15.1. The minimum absolute atomic E-state index is 0.527. The second kappa shape index (κ2) is 12.3. The third-order valence-corrected chi connectivity index (χ3v) is 20.0. The highest BCUT2D eigenvalue weighted by atomic mass is 28.3. The van der Waals surface area contributed by atoms with E-state index in [0.717, 1.165) is 11.2 Å². The van der Waals surface area contributed by atoms with Crippen LogP contribution in [0.5, 0.6) is 0 Å². The summed E-state index contributed by atoms with van der Waals surface area (Å²) in [4.78, 5) is 2.58. The van der Waals surface area contributed by atoms with E-state index in [1.807, 2.05) is 0 Å². The van der Waals surface area contributed by atoms with Gasteiger partial charge >= 0.3 is 0 Å². The van der Waals surface area contributed by atoms with Crippen molar-refractivity contribution in [1.29, 1.82) is 0 Å². The summed E-state index contributed by atoms with van der Waals surface area (Å²) in [7, 11) is -2.86. The molecule has 4 aliphatic rings. The van der Waals surface area contributed by atoms with Gasteiger partial charge in [0, 0.05) is 16.5 Å². The van der Waals surface area contributed by atoms with E-state index in [1.54, 1.807) is 0 Å². The topological polar surface area (TPSA) is 16.4 Å². The molecule has 0 radical (unpaired) electrons. The van der Waals surface area contributed by atoms with Crippen LogP contribution in [0.15, 0.2) is 229 Å². The molecule has 1 aromatic heterocycles. The van der Waals surface area contributed by atoms with Crippen LogP contribution in [0.3, 0.4) is 0 Å². The molecule has 0 bridgehead atoms. The normalized spacial score (nSPS) is 14.8. The number of anilines is 3. The maximum atomic E-state index is 6.62. The molecule has 296 valence electrons. The first-order valence-electron chi connectivity index (χ1n) is 22.3. The summed E-state index contributed by atoms with van der Waals surface area (Å²) >= 11 is 0. The second-order valence-corrected chi connectivity index (χ2v) is 21.5. The minimum atomic E-state index is -2.86. The van der Waals surface area contributed by atoms with Gasteiger partial charge in [-0.15, -0.1) is 0 Å². The molecular formula is C61H37NOSi. The van der Waals surface area contributed by atoms with Crippen molar-refractivity contribution in [1.82, 2.24) is 0 Å². The fourth-order valence-electron chi connectivity index (χ4n) is 12.8. The molecule has 0 atom stereocenters. The summed E-state index contributed by atoms with van der Waals surface area (Å²) in [5.41, 5.74) is 20.6. The van der Waals surface area contributed by atoms with Gasteiger partial charge in [0.15, 0.2) is 8.07 Å². The molecule has 64 heavy (non-hydrogen) atoms. The average Bonchev–Trinajstić information content (AvgIpc) is 4.07. The Balaban J connectivity index is 1.06. The van der Waals surface area contributed by atoms with Gasteiger partial charge in [-0.1, -0.05) is 182 Å². The lowest BCUT2D eigenvalue weighted by Crippen LogP contribution is -2.70. The van der Waals surface area contributed by atoms with E-state index < -0.39 is 13.5 Å². The van der Waals surface area contributed by atoms with Crippen molar-refractivity contribution in [3.63, 3.8) is 0 Å². The molecule has 1 aliphatic carbocycles. The Hall–Kier alpha value is -7.98. The van der Waals surface area contributed by atoms with Crippen LogP contribution >= 0.6 is 0 Å². The van der Waals surface area contributed by atoms with E-state index in [9.17, 15) is 0 Å². The molecule has 0 fully saturated rings. The summed E-state index contributed by atoms with van der Waals surface area (Å²) < 4.78 is 6.62. The van der Waals surface area contributed by atoms with Gasteiger partial charge in [-0.05, 0) is 130 Å². The van der Waals surface area contributed by atoms with Gasteiger partial charge in [0.2, 0.25) is 0 Å². The average molecular weight is 828 g/mol. The number of hydrogen-bond acceptors (Lipinski definition) is 2. The van der Waals surface area contributed by atoms with Crippen LogP contribution in [0.1, 0.15) is 22.3 Å². The zero-order chi connectivity index (χ0) is 41.7. The Kier molecular flexibility index (Phi) is 6.67. The molecule has 0 saturated heterocycles. The van der Waals surface area contributed by atoms with E-state index in [0.29, 0.717) is 0 Å². The molecular weight excluding hydrogens is 791 g/mol. The van der Waals surface area contributed by atoms with E-state index in [-0.39, 0.29) is 0 Å². The zero-order valence-corrected chi connectivity index (χ0v) is 35.7. The number of benzene rings is 10. The minimum Gasteiger partial charge on any atom is -0.456 e. The van der Waals surface area contributed by atoms with Gasteiger partial charge in [0.05, 0.1) is 16.8 Å². The van der Waals surface area contributed by atoms with Crippen LogP contribution in [0.4, 0.5) is 17.1 Å². The summed E-state index contributed by atoms with van der Waals surface area (Å²) in [6.07, 6.45) is 0. The fraction of sp³-hybridized carbons (Fsp3) is 0.0164. The predicted molar refractivity (Wildman–Crippen MR) is 266 cm³/mol. The van der Waals surface area contributed by atoms with Gasteiger partial charge in [-0.3, -0.25) is 0 Å². The molecule has 0 saturated carbocycles. The summed E-state index contributed by atoms with van der Waals surface area (Å²) in [5.74, 6) is 0. The van der Waals surface area contributed by atoms with Gasteiger partial charge in [0.25, 0.3) is 0 Å². The van der Waals surface area contributed by atoms with E-state index >= 15 is 0 Å². The molecule has 0 amide bonds. The molecule has 10 aromatic carbocycles. The van der Waals surface area contributed by atoms with Crippen LogP contribution in [-0.4, -0.2) is 8.07 Å². The molecule has 15 rings (SSSR count). The van der Waals surface area contributed by atoms with Gasteiger partial charge in [0.1, 0.15) is 11.2 Å². The molecule has 2 spiro atoms. The Morgan fingerprint density at radius 2 is 0.969 bits per heavy atom. The number of para-hydroxylation sites is 2. The molecule has 0 N–H and O–H groups in total. The maximum absolute atomic E-state index is 6.62. The largest absolute Gasteiger partial charge is 0.456 e. The van der Waals surface area contributed by atoms with E-state index in [4.69, 9.17) is 4.42 Å². The van der Waals surface area contributed by atoms with Gasteiger partial charge < -0.3 is 9.32 Å². The Bertz CT molecular complexity index is 3730. The van der Waals surface area contributed by atoms with Gasteiger partial charge in [-0.25, -0.2) is 0 Å². The standard InChI is InChI=1S/C61H37NOSi/c1-2-16-38(17-3-1)39-30-33-52-50(36-39)61(47-23-9-4-18-41(47)42-19-5-10-24-48(42)61)49-25-11-12-26-51(49)62(52)40-31-32-46-58(37-40)64(55-28-14-7-20-43(55)44-21-8-15-29-56(44)64)57-35-34-54-59(60(46)57)45-22-6-13-27-53(45)63-54/h1-37H. The van der Waals surface area contributed by atoms with Crippen molar-refractivity contribution in [2.24, 2.45) is 0 Å². The first kappa shape index (κ1) is 34.6. The quantitative estimate of drug-likeness (QED) is 0.161. The smallest absolute Gasteiger partial charge is 0.182 e. The highest BCUT2D eigenvalue weighted by Gasteiger charge is 2.56. The van der Waals surface area contributed by atoms with Crippen molar-refractivity contribution in [2.45, 2.75) is 5.41 Å². The van der Waals surface area contributed by atoms with Crippen molar-refractivity contribution < 1.29 is 4.42 Å². The Labute approximate surface area is 372 Å². The number of fused-ring (bicyclic) bond motifs is 23. The van der Waals surface area contributed by atoms with Crippen LogP contribution in [0.25, 0.3) is 66.4 Å². The molecule has 3 heteroatoms. The third kappa shape index (κ3) is 4.08. The van der Waals surface area contributed by atoms with E-state index in [2.05, 4.69) is 229 Å². The van der Waals surface area contributed by atoms with Crippen LogP contribution < -0.4 is 25.6 Å². The lowest BCUT2D eigenvalue weighted by Gasteiger charge is -2.45. The molecule has 2 nitrogen and oxygen atoms in total. The molecule has 11 aromatic rings. The van der Waals surface area contributed by atoms with Crippen LogP contribution in [-0.2, 0) is 5.41 Å². The lowest BCUT2D eigenvalue weighted by molar-refractivity contribution is 0.669. The predicted octanol–water partition coefficient (Wildman–Crippen LogP) is 12.7. The first-order valence-corrected chi connectivity index (χ1v) is 24.3. The number of nitrogens with zero attached hydrogens (tertiary/aromatic N) is 1. The van der Waals surface area contributed by atoms with Crippen LogP contribution in [0, 0.1) is 0 Å². The SMILES string of the molecule is c1ccc(-c2ccc3c(c2)C2(c4ccccc4-c4ccccc42)c2ccccc2N3c2ccc3c(c2)[Si]2(c4ccccc4-c4ccccc42)c2ccc4oc5ccccc5c4c2-3)cc1. The van der Waals surface area contributed by atoms with Crippen molar-refractivity contribution >= 4 is 67.8 Å². The molecule has 3 aliphatic heterocycles. The lowest BCUT2D eigenvalue weighted by atomic mass is 9.64.